The van der Waals surface area contributed by atoms with Crippen LogP contribution < -0.4 is 5.32 Å². The van der Waals surface area contributed by atoms with E-state index in [0.29, 0.717) is 18.8 Å². The highest BCUT2D eigenvalue weighted by Crippen LogP contribution is 2.21. The molecule has 0 aromatic rings. The average molecular weight is 226 g/mol. The molecule has 2 heterocycles. The molecule has 0 aromatic heterocycles. The highest BCUT2D eigenvalue weighted by atomic mass is 16.3. The van der Waals surface area contributed by atoms with Crippen molar-refractivity contribution in [1.82, 2.24) is 10.2 Å². The summed E-state index contributed by atoms with van der Waals surface area (Å²) in [6, 6.07) is -0.141. The van der Waals surface area contributed by atoms with Crippen LogP contribution in [0.3, 0.4) is 0 Å². The molecule has 2 rings (SSSR count). The number of hydrogen-bond donors (Lipinski definition) is 2. The first kappa shape index (κ1) is 11.5. The van der Waals surface area contributed by atoms with Gasteiger partial charge in [0.05, 0.1) is 6.04 Å². The lowest BCUT2D eigenvalue weighted by Gasteiger charge is -2.37. The summed E-state index contributed by atoms with van der Waals surface area (Å²) in [4.78, 5) is 24.8. The van der Waals surface area contributed by atoms with Crippen LogP contribution in [0.5, 0.6) is 0 Å². The molecule has 90 valence electrons. The van der Waals surface area contributed by atoms with Crippen molar-refractivity contribution in [2.75, 3.05) is 19.7 Å². The second-order valence-corrected chi connectivity index (χ2v) is 4.63. The highest BCUT2D eigenvalue weighted by Gasteiger charge is 2.33. The third-order valence-corrected chi connectivity index (χ3v) is 3.56. The molecule has 5 nitrogen and oxygen atoms in total. The maximum absolute atomic E-state index is 11.6. The average Bonchev–Trinajstić information content (AvgIpc) is 2.29. The summed E-state index contributed by atoms with van der Waals surface area (Å²) in [7, 11) is 0. The van der Waals surface area contributed by atoms with Crippen molar-refractivity contribution in [3.8, 4) is 0 Å². The lowest BCUT2D eigenvalue weighted by Crippen LogP contribution is -2.54. The van der Waals surface area contributed by atoms with E-state index in [4.69, 9.17) is 5.11 Å². The van der Waals surface area contributed by atoms with Crippen LogP contribution in [-0.4, -0.2) is 47.6 Å². The lowest BCUT2D eigenvalue weighted by molar-refractivity contribution is -0.138. The van der Waals surface area contributed by atoms with E-state index in [-0.39, 0.29) is 24.5 Å². The molecule has 2 N–H and O–H groups in total. The molecular weight excluding hydrogens is 208 g/mol. The second-order valence-electron chi connectivity index (χ2n) is 4.63. The first-order valence-electron chi connectivity index (χ1n) is 5.89. The van der Waals surface area contributed by atoms with Crippen LogP contribution in [-0.2, 0) is 9.59 Å². The van der Waals surface area contributed by atoms with Crippen molar-refractivity contribution in [3.63, 3.8) is 0 Å². The van der Waals surface area contributed by atoms with E-state index in [1.165, 1.54) is 0 Å². The number of imide groups is 1. The maximum Gasteiger partial charge on any atom is 0.243 e. The molecule has 2 fully saturated rings. The van der Waals surface area contributed by atoms with Gasteiger partial charge in [0.1, 0.15) is 0 Å². The molecule has 0 aliphatic carbocycles. The predicted molar refractivity (Wildman–Crippen MR) is 57.6 cm³/mol. The number of carbonyl (C=O) groups is 2. The number of likely N-dealkylation sites (tertiary alicyclic amines) is 1. The quantitative estimate of drug-likeness (QED) is 0.623. The van der Waals surface area contributed by atoms with Gasteiger partial charge in [0.2, 0.25) is 11.8 Å². The van der Waals surface area contributed by atoms with Gasteiger partial charge in [-0.05, 0) is 38.3 Å². The maximum atomic E-state index is 11.6. The third-order valence-electron chi connectivity index (χ3n) is 3.56. The van der Waals surface area contributed by atoms with Crippen molar-refractivity contribution in [2.45, 2.75) is 31.7 Å². The molecule has 1 atom stereocenters. The van der Waals surface area contributed by atoms with E-state index in [9.17, 15) is 9.59 Å². The first-order chi connectivity index (χ1) is 7.70. The standard InChI is InChI=1S/C11H18N2O3/c14-7-8-3-5-13(6-4-8)9-1-2-10(15)12-11(9)16/h8-9,14H,1-7H2,(H,12,15,16). The molecule has 2 amide bonds. The second kappa shape index (κ2) is 4.93. The molecule has 1 unspecified atom stereocenters. The van der Waals surface area contributed by atoms with Gasteiger partial charge in [-0.2, -0.15) is 0 Å². The zero-order valence-electron chi connectivity index (χ0n) is 9.32. The molecule has 16 heavy (non-hydrogen) atoms. The molecule has 0 radical (unpaired) electrons. The minimum absolute atomic E-state index is 0.141. The number of rotatable bonds is 2. The summed E-state index contributed by atoms with van der Waals surface area (Å²) in [5.74, 6) is 0.0646. The normalized spacial score (nSPS) is 29.2. The summed E-state index contributed by atoms with van der Waals surface area (Å²) in [6.45, 7) is 1.93. The molecule has 0 aromatic carbocycles. The van der Waals surface area contributed by atoms with Crippen LogP contribution in [0.25, 0.3) is 0 Å². The van der Waals surface area contributed by atoms with Gasteiger partial charge in [-0.3, -0.25) is 19.8 Å². The van der Waals surface area contributed by atoms with E-state index in [0.717, 1.165) is 25.9 Å². The number of carbonyl (C=O) groups excluding carboxylic acids is 2. The van der Waals surface area contributed by atoms with Crippen LogP contribution in [0, 0.1) is 5.92 Å². The number of hydrogen-bond acceptors (Lipinski definition) is 4. The minimum atomic E-state index is -0.161. The smallest absolute Gasteiger partial charge is 0.243 e. The SMILES string of the molecule is O=C1CCC(N2CCC(CO)CC2)C(=O)N1. The van der Waals surface area contributed by atoms with E-state index >= 15 is 0 Å². The number of piperidine rings is 2. The fraction of sp³-hybridized carbons (Fsp3) is 0.818. The molecule has 5 heteroatoms. The molecule has 2 aliphatic heterocycles. The topological polar surface area (TPSA) is 69.6 Å². The van der Waals surface area contributed by atoms with Crippen molar-refractivity contribution in [3.05, 3.63) is 0 Å². The Morgan fingerprint density at radius 2 is 1.94 bits per heavy atom. The Hall–Kier alpha value is -0.940. The Morgan fingerprint density at radius 1 is 1.25 bits per heavy atom. The fourth-order valence-corrected chi connectivity index (χ4v) is 2.48. The van der Waals surface area contributed by atoms with Gasteiger partial charge in [0.15, 0.2) is 0 Å². The Morgan fingerprint density at radius 3 is 2.50 bits per heavy atom. The first-order valence-corrected chi connectivity index (χ1v) is 5.89. The lowest BCUT2D eigenvalue weighted by atomic mass is 9.94. The van der Waals surface area contributed by atoms with E-state index < -0.39 is 0 Å². The van der Waals surface area contributed by atoms with Crippen molar-refractivity contribution >= 4 is 11.8 Å². The summed E-state index contributed by atoms with van der Waals surface area (Å²) >= 11 is 0. The largest absolute Gasteiger partial charge is 0.396 e. The van der Waals surface area contributed by atoms with E-state index in [1.807, 2.05) is 0 Å². The van der Waals surface area contributed by atoms with Gasteiger partial charge >= 0.3 is 0 Å². The van der Waals surface area contributed by atoms with Crippen LogP contribution in [0.4, 0.5) is 0 Å². The van der Waals surface area contributed by atoms with Crippen molar-refractivity contribution in [2.24, 2.45) is 5.92 Å². The van der Waals surface area contributed by atoms with Gasteiger partial charge in [-0.25, -0.2) is 0 Å². The Kier molecular flexibility index (Phi) is 3.56. The van der Waals surface area contributed by atoms with Crippen LogP contribution in [0.2, 0.25) is 0 Å². The molecule has 0 spiro atoms. The molecule has 2 saturated heterocycles. The molecule has 0 bridgehead atoms. The van der Waals surface area contributed by atoms with Gasteiger partial charge in [0.25, 0.3) is 0 Å². The summed E-state index contributed by atoms with van der Waals surface area (Å²) in [5.41, 5.74) is 0. The van der Waals surface area contributed by atoms with Gasteiger partial charge in [-0.15, -0.1) is 0 Å². The Bertz CT molecular complexity index is 285. The van der Waals surface area contributed by atoms with Crippen LogP contribution >= 0.6 is 0 Å². The molecular formula is C11H18N2O3. The molecule has 2 aliphatic rings. The molecule has 0 saturated carbocycles. The third kappa shape index (κ3) is 2.41. The number of amides is 2. The summed E-state index contributed by atoms with van der Waals surface area (Å²) in [6.07, 6.45) is 2.95. The van der Waals surface area contributed by atoms with Gasteiger partial charge in [-0.1, -0.05) is 0 Å². The minimum Gasteiger partial charge on any atom is -0.396 e. The van der Waals surface area contributed by atoms with Crippen molar-refractivity contribution in [1.29, 1.82) is 0 Å². The van der Waals surface area contributed by atoms with Gasteiger partial charge < -0.3 is 5.11 Å². The van der Waals surface area contributed by atoms with Crippen molar-refractivity contribution < 1.29 is 14.7 Å². The predicted octanol–water partition coefficient (Wildman–Crippen LogP) is -0.504. The Balaban J connectivity index is 1.89. The van der Waals surface area contributed by atoms with Crippen LogP contribution in [0.1, 0.15) is 25.7 Å². The number of aliphatic hydroxyl groups excluding tert-OH is 1. The summed E-state index contributed by atoms with van der Waals surface area (Å²) in [5, 5.41) is 11.4. The zero-order chi connectivity index (χ0) is 11.5. The number of nitrogens with one attached hydrogen (secondary N) is 1. The zero-order valence-corrected chi connectivity index (χ0v) is 9.32. The highest BCUT2D eigenvalue weighted by molar-refractivity contribution is 6.00. The number of aliphatic hydroxyl groups is 1. The fourth-order valence-electron chi connectivity index (χ4n) is 2.48. The van der Waals surface area contributed by atoms with E-state index in [1.54, 1.807) is 0 Å². The van der Waals surface area contributed by atoms with Gasteiger partial charge in [0, 0.05) is 13.0 Å². The number of nitrogens with zero attached hydrogens (tertiary/aromatic N) is 1. The van der Waals surface area contributed by atoms with E-state index in [2.05, 4.69) is 10.2 Å². The monoisotopic (exact) mass is 226 g/mol. The summed E-state index contributed by atoms with van der Waals surface area (Å²) < 4.78 is 0. The Labute approximate surface area is 94.8 Å². The van der Waals surface area contributed by atoms with Crippen LogP contribution in [0.15, 0.2) is 0 Å².